The van der Waals surface area contributed by atoms with E-state index in [0.29, 0.717) is 18.5 Å². The summed E-state index contributed by atoms with van der Waals surface area (Å²) in [4.78, 5) is 57.5. The first-order valence-corrected chi connectivity index (χ1v) is 12.2. The zero-order valence-corrected chi connectivity index (χ0v) is 21.6. The molecule has 1 aromatic rings. The largest absolute Gasteiger partial charge is 0.480 e. The minimum absolute atomic E-state index is 0.0390. The van der Waals surface area contributed by atoms with Crippen LogP contribution in [-0.2, 0) is 25.6 Å². The van der Waals surface area contributed by atoms with Crippen molar-refractivity contribution in [2.24, 2.45) is 23.5 Å². The van der Waals surface area contributed by atoms with E-state index in [1.807, 2.05) is 41.5 Å². The van der Waals surface area contributed by atoms with Crippen LogP contribution in [0.15, 0.2) is 12.5 Å². The number of amides is 3. The molecule has 11 nitrogen and oxygen atoms in total. The molecule has 5 atom stereocenters. The van der Waals surface area contributed by atoms with Crippen LogP contribution in [0.5, 0.6) is 0 Å². The van der Waals surface area contributed by atoms with Crippen molar-refractivity contribution in [2.75, 3.05) is 0 Å². The van der Waals surface area contributed by atoms with E-state index in [0.717, 1.165) is 0 Å². The standard InChI is InChI=1S/C24H42N6O5/c1-7-15(6)20(30-21(31)17(25)8-13(2)3)23(33)28-18(10-16-11-26-12-27-16)22(32)29-19(24(34)35)9-14(4)5/h11-15,17-20H,7-10,25H2,1-6H3,(H,26,27)(H,28,33)(H,29,32)(H,30,31)(H,34,35). The zero-order valence-electron chi connectivity index (χ0n) is 21.6. The van der Waals surface area contributed by atoms with Gasteiger partial charge in [-0.3, -0.25) is 14.4 Å². The number of nitrogens with zero attached hydrogens (tertiary/aromatic N) is 1. The molecule has 5 unspecified atom stereocenters. The number of nitrogens with one attached hydrogen (secondary N) is 4. The Morgan fingerprint density at radius 3 is 2.03 bits per heavy atom. The molecule has 1 aromatic heterocycles. The molecule has 7 N–H and O–H groups in total. The lowest BCUT2D eigenvalue weighted by atomic mass is 9.96. The maximum absolute atomic E-state index is 13.3. The van der Waals surface area contributed by atoms with Gasteiger partial charge in [0.05, 0.1) is 12.4 Å². The molecule has 0 radical (unpaired) electrons. The minimum atomic E-state index is -1.15. The van der Waals surface area contributed by atoms with Crippen LogP contribution in [0.4, 0.5) is 0 Å². The number of hydrogen-bond acceptors (Lipinski definition) is 6. The highest BCUT2D eigenvalue weighted by Crippen LogP contribution is 2.12. The van der Waals surface area contributed by atoms with E-state index in [2.05, 4.69) is 25.9 Å². The summed E-state index contributed by atoms with van der Waals surface area (Å²) >= 11 is 0. The van der Waals surface area contributed by atoms with Crippen LogP contribution in [0.3, 0.4) is 0 Å². The summed E-state index contributed by atoms with van der Waals surface area (Å²) in [6.07, 6.45) is 4.35. The molecule has 35 heavy (non-hydrogen) atoms. The lowest BCUT2D eigenvalue weighted by Gasteiger charge is -2.28. The molecule has 0 aliphatic rings. The van der Waals surface area contributed by atoms with Crippen LogP contribution in [0, 0.1) is 17.8 Å². The number of hydrogen-bond donors (Lipinski definition) is 6. The van der Waals surface area contributed by atoms with Crippen molar-refractivity contribution in [2.45, 2.75) is 91.4 Å². The summed E-state index contributed by atoms with van der Waals surface area (Å²) in [6, 6.07) is -3.84. The predicted octanol–water partition coefficient (Wildman–Crippen LogP) is 0.957. The number of carboxylic acids is 1. The fraction of sp³-hybridized carbons (Fsp3) is 0.708. The van der Waals surface area contributed by atoms with E-state index < -0.39 is 47.9 Å². The Balaban J connectivity index is 3.08. The normalized spacial score (nSPS) is 15.7. The molecule has 0 saturated carbocycles. The van der Waals surface area contributed by atoms with Gasteiger partial charge in [0.1, 0.15) is 18.1 Å². The summed E-state index contributed by atoms with van der Waals surface area (Å²) in [5.74, 6) is -2.74. The molecular formula is C24H42N6O5. The van der Waals surface area contributed by atoms with Gasteiger partial charge in [-0.2, -0.15) is 0 Å². The number of rotatable bonds is 15. The third-order valence-corrected chi connectivity index (χ3v) is 5.79. The fourth-order valence-corrected chi connectivity index (χ4v) is 3.63. The Morgan fingerprint density at radius 2 is 1.54 bits per heavy atom. The quantitative estimate of drug-likeness (QED) is 0.210. The summed E-state index contributed by atoms with van der Waals surface area (Å²) in [6.45, 7) is 11.3. The molecule has 0 bridgehead atoms. The Morgan fingerprint density at radius 1 is 0.943 bits per heavy atom. The molecule has 0 saturated heterocycles. The number of aliphatic carboxylic acids is 1. The van der Waals surface area contributed by atoms with Crippen LogP contribution in [0.1, 0.15) is 66.5 Å². The number of carbonyl (C=O) groups excluding carboxylic acids is 3. The molecule has 0 spiro atoms. The number of imidazole rings is 1. The van der Waals surface area contributed by atoms with Crippen molar-refractivity contribution in [3.8, 4) is 0 Å². The number of carbonyl (C=O) groups is 4. The summed E-state index contributed by atoms with van der Waals surface area (Å²) in [5.41, 5.74) is 6.58. The van der Waals surface area contributed by atoms with Crippen molar-refractivity contribution in [1.82, 2.24) is 25.9 Å². The van der Waals surface area contributed by atoms with E-state index in [1.165, 1.54) is 12.5 Å². The van der Waals surface area contributed by atoms with Gasteiger partial charge in [-0.25, -0.2) is 9.78 Å². The lowest BCUT2D eigenvalue weighted by Crippen LogP contribution is -2.59. The van der Waals surface area contributed by atoms with Gasteiger partial charge in [0.15, 0.2) is 0 Å². The molecule has 198 valence electrons. The van der Waals surface area contributed by atoms with Crippen molar-refractivity contribution >= 4 is 23.7 Å². The third-order valence-electron chi connectivity index (χ3n) is 5.79. The summed E-state index contributed by atoms with van der Waals surface area (Å²) in [5, 5.41) is 17.5. The molecule has 0 aliphatic heterocycles. The van der Waals surface area contributed by atoms with Crippen molar-refractivity contribution < 1.29 is 24.3 Å². The van der Waals surface area contributed by atoms with Crippen molar-refractivity contribution in [3.05, 3.63) is 18.2 Å². The molecule has 11 heteroatoms. The second-order valence-electron chi connectivity index (χ2n) is 9.98. The lowest BCUT2D eigenvalue weighted by molar-refractivity contribution is -0.142. The van der Waals surface area contributed by atoms with Crippen molar-refractivity contribution in [3.63, 3.8) is 0 Å². The first-order chi connectivity index (χ1) is 16.3. The highest BCUT2D eigenvalue weighted by Gasteiger charge is 2.33. The number of H-pyrrole nitrogens is 1. The Kier molecular flexibility index (Phi) is 12.4. The predicted molar refractivity (Wildman–Crippen MR) is 132 cm³/mol. The van der Waals surface area contributed by atoms with E-state index in [1.54, 1.807) is 0 Å². The van der Waals surface area contributed by atoms with Gasteiger partial charge in [-0.1, -0.05) is 48.0 Å². The van der Waals surface area contributed by atoms with Gasteiger partial charge in [-0.15, -0.1) is 0 Å². The summed E-state index contributed by atoms with van der Waals surface area (Å²) in [7, 11) is 0. The molecule has 0 fully saturated rings. The SMILES string of the molecule is CCC(C)C(NC(=O)C(N)CC(C)C)C(=O)NC(Cc1cnc[nH]1)C(=O)NC(CC(C)C)C(=O)O. The Bertz CT molecular complexity index is 826. The number of aromatic amines is 1. The van der Waals surface area contributed by atoms with Gasteiger partial charge in [0.2, 0.25) is 17.7 Å². The number of carboxylic acid groups (broad SMARTS) is 1. The summed E-state index contributed by atoms with van der Waals surface area (Å²) < 4.78 is 0. The van der Waals surface area contributed by atoms with E-state index in [-0.39, 0.29) is 30.6 Å². The average molecular weight is 495 g/mol. The van der Waals surface area contributed by atoms with Gasteiger partial charge in [-0.05, 0) is 30.6 Å². The van der Waals surface area contributed by atoms with E-state index in [4.69, 9.17) is 5.73 Å². The second-order valence-corrected chi connectivity index (χ2v) is 9.98. The number of nitrogens with two attached hydrogens (primary N) is 1. The van der Waals surface area contributed by atoms with Gasteiger partial charge in [0.25, 0.3) is 0 Å². The Hall–Kier alpha value is -2.95. The van der Waals surface area contributed by atoms with Crippen LogP contribution >= 0.6 is 0 Å². The molecule has 0 aliphatic carbocycles. The van der Waals surface area contributed by atoms with Crippen LogP contribution in [0.25, 0.3) is 0 Å². The first kappa shape index (κ1) is 30.1. The monoisotopic (exact) mass is 494 g/mol. The van der Waals surface area contributed by atoms with Gasteiger partial charge >= 0.3 is 5.97 Å². The Labute approximate surface area is 207 Å². The van der Waals surface area contributed by atoms with Crippen LogP contribution < -0.4 is 21.7 Å². The molecule has 1 rings (SSSR count). The minimum Gasteiger partial charge on any atom is -0.480 e. The molecular weight excluding hydrogens is 452 g/mol. The number of aromatic nitrogens is 2. The highest BCUT2D eigenvalue weighted by atomic mass is 16.4. The topological polar surface area (TPSA) is 179 Å². The molecule has 1 heterocycles. The van der Waals surface area contributed by atoms with Gasteiger partial charge in [0, 0.05) is 18.3 Å². The molecule has 3 amide bonds. The highest BCUT2D eigenvalue weighted by molar-refractivity contribution is 5.94. The van der Waals surface area contributed by atoms with Gasteiger partial charge < -0.3 is 31.8 Å². The van der Waals surface area contributed by atoms with Crippen LogP contribution in [0.2, 0.25) is 0 Å². The first-order valence-electron chi connectivity index (χ1n) is 12.2. The maximum Gasteiger partial charge on any atom is 0.326 e. The molecule has 0 aromatic carbocycles. The average Bonchev–Trinajstić information content (AvgIpc) is 3.27. The smallest absolute Gasteiger partial charge is 0.326 e. The maximum atomic E-state index is 13.3. The van der Waals surface area contributed by atoms with E-state index in [9.17, 15) is 24.3 Å². The second kappa shape index (κ2) is 14.4. The van der Waals surface area contributed by atoms with Crippen molar-refractivity contribution in [1.29, 1.82) is 0 Å². The zero-order chi connectivity index (χ0) is 26.7. The van der Waals surface area contributed by atoms with Crippen LogP contribution in [-0.4, -0.2) is 62.9 Å². The van der Waals surface area contributed by atoms with E-state index >= 15 is 0 Å². The third kappa shape index (κ3) is 10.5. The fourth-order valence-electron chi connectivity index (χ4n) is 3.63.